The molecule has 110 valence electrons. The number of anilines is 3. The van der Waals surface area contributed by atoms with E-state index >= 15 is 0 Å². The number of hydrogen-bond acceptors (Lipinski definition) is 5. The zero-order valence-electron chi connectivity index (χ0n) is 12.3. The molecule has 0 unspecified atom stereocenters. The molecule has 0 radical (unpaired) electrons. The fourth-order valence-corrected chi connectivity index (χ4v) is 2.77. The summed E-state index contributed by atoms with van der Waals surface area (Å²) in [6, 6.07) is 10.2. The first-order chi connectivity index (χ1) is 10.2. The minimum atomic E-state index is 0.471. The predicted molar refractivity (Wildman–Crippen MR) is 85.6 cm³/mol. The van der Waals surface area contributed by atoms with Gasteiger partial charge in [-0.25, -0.2) is 4.98 Å². The van der Waals surface area contributed by atoms with Gasteiger partial charge in [-0.2, -0.15) is 4.98 Å². The molecule has 0 aliphatic carbocycles. The smallest absolute Gasteiger partial charge is 0.229 e. The first kappa shape index (κ1) is 13.8. The van der Waals surface area contributed by atoms with Crippen LogP contribution < -0.4 is 11.1 Å². The van der Waals surface area contributed by atoms with Crippen molar-refractivity contribution in [3.63, 3.8) is 0 Å². The zero-order chi connectivity index (χ0) is 14.7. The van der Waals surface area contributed by atoms with Gasteiger partial charge in [-0.05, 0) is 62.7 Å². The molecule has 1 aliphatic rings. The van der Waals surface area contributed by atoms with Crippen LogP contribution in [0.4, 0.5) is 17.5 Å². The molecule has 1 aliphatic heterocycles. The molecule has 5 nitrogen and oxygen atoms in total. The van der Waals surface area contributed by atoms with Gasteiger partial charge in [0, 0.05) is 11.9 Å². The van der Waals surface area contributed by atoms with Crippen LogP contribution in [0.3, 0.4) is 0 Å². The Hall–Kier alpha value is -2.14. The number of aromatic nitrogens is 2. The molecule has 3 N–H and O–H groups in total. The topological polar surface area (TPSA) is 67.1 Å². The van der Waals surface area contributed by atoms with Crippen molar-refractivity contribution < 1.29 is 0 Å². The molecule has 1 aromatic carbocycles. The third-order valence-electron chi connectivity index (χ3n) is 4.01. The number of nitrogens with one attached hydrogen (secondary N) is 1. The predicted octanol–water partition coefficient (Wildman–Crippen LogP) is 2.61. The third-order valence-corrected chi connectivity index (χ3v) is 4.01. The largest absolute Gasteiger partial charge is 0.384 e. The lowest BCUT2D eigenvalue weighted by Crippen LogP contribution is -2.29. The SMILES string of the molecule is CN1CCC(c2cccc(Nc3nccc(N)n3)c2)CC1. The lowest BCUT2D eigenvalue weighted by atomic mass is 9.89. The van der Waals surface area contributed by atoms with E-state index in [9.17, 15) is 0 Å². The molecule has 5 heteroatoms. The maximum absolute atomic E-state index is 5.68. The maximum Gasteiger partial charge on any atom is 0.229 e. The minimum Gasteiger partial charge on any atom is -0.384 e. The summed E-state index contributed by atoms with van der Waals surface area (Å²) in [7, 11) is 2.19. The highest BCUT2D eigenvalue weighted by Gasteiger charge is 2.18. The molecular weight excluding hydrogens is 262 g/mol. The Balaban J connectivity index is 1.74. The second kappa shape index (κ2) is 6.10. The standard InChI is InChI=1S/C16H21N5/c1-21-9-6-12(7-10-21)13-3-2-4-14(11-13)19-16-18-8-5-15(17)20-16/h2-5,8,11-12H,6-7,9-10H2,1H3,(H3,17,18,19,20). The van der Waals surface area contributed by atoms with E-state index in [1.165, 1.54) is 31.5 Å². The lowest BCUT2D eigenvalue weighted by molar-refractivity contribution is 0.255. The Morgan fingerprint density at radius 1 is 1.24 bits per heavy atom. The van der Waals surface area contributed by atoms with Crippen LogP contribution in [0.2, 0.25) is 0 Å². The molecule has 21 heavy (non-hydrogen) atoms. The third kappa shape index (κ3) is 3.49. The maximum atomic E-state index is 5.68. The van der Waals surface area contributed by atoms with Gasteiger partial charge < -0.3 is 16.0 Å². The van der Waals surface area contributed by atoms with Gasteiger partial charge >= 0.3 is 0 Å². The van der Waals surface area contributed by atoms with Crippen molar-refractivity contribution in [2.75, 3.05) is 31.2 Å². The van der Waals surface area contributed by atoms with Crippen molar-refractivity contribution in [1.82, 2.24) is 14.9 Å². The van der Waals surface area contributed by atoms with E-state index in [2.05, 4.69) is 45.4 Å². The minimum absolute atomic E-state index is 0.471. The number of hydrogen-bond donors (Lipinski definition) is 2. The van der Waals surface area contributed by atoms with E-state index in [1.54, 1.807) is 12.3 Å². The van der Waals surface area contributed by atoms with Gasteiger partial charge in [-0.1, -0.05) is 12.1 Å². The van der Waals surface area contributed by atoms with Crippen LogP contribution >= 0.6 is 0 Å². The van der Waals surface area contributed by atoms with Gasteiger partial charge in [0.1, 0.15) is 5.82 Å². The van der Waals surface area contributed by atoms with Crippen LogP contribution in [0.1, 0.15) is 24.3 Å². The van der Waals surface area contributed by atoms with Crippen molar-refractivity contribution in [3.8, 4) is 0 Å². The van der Waals surface area contributed by atoms with Crippen LogP contribution in [-0.2, 0) is 0 Å². The van der Waals surface area contributed by atoms with Crippen LogP contribution in [-0.4, -0.2) is 35.0 Å². The molecule has 1 aromatic heterocycles. The van der Waals surface area contributed by atoms with E-state index in [0.717, 1.165) is 5.69 Å². The van der Waals surface area contributed by atoms with Crippen molar-refractivity contribution in [2.24, 2.45) is 0 Å². The monoisotopic (exact) mass is 283 g/mol. The highest BCUT2D eigenvalue weighted by Crippen LogP contribution is 2.29. The summed E-state index contributed by atoms with van der Waals surface area (Å²) in [5.74, 6) is 1.65. The Bertz CT molecular complexity index is 605. The highest BCUT2D eigenvalue weighted by molar-refractivity contribution is 5.55. The average Bonchev–Trinajstić information content (AvgIpc) is 2.48. The van der Waals surface area contributed by atoms with Gasteiger partial charge in [0.15, 0.2) is 0 Å². The number of rotatable bonds is 3. The fourth-order valence-electron chi connectivity index (χ4n) is 2.77. The summed E-state index contributed by atoms with van der Waals surface area (Å²) in [5, 5.41) is 3.22. The van der Waals surface area contributed by atoms with Crippen molar-refractivity contribution in [2.45, 2.75) is 18.8 Å². The van der Waals surface area contributed by atoms with Crippen molar-refractivity contribution in [1.29, 1.82) is 0 Å². The number of benzene rings is 1. The van der Waals surface area contributed by atoms with Crippen LogP contribution in [0.25, 0.3) is 0 Å². The lowest BCUT2D eigenvalue weighted by Gasteiger charge is -2.29. The van der Waals surface area contributed by atoms with E-state index in [0.29, 0.717) is 17.7 Å². The molecule has 1 saturated heterocycles. The molecule has 2 aromatic rings. The number of likely N-dealkylation sites (tertiary alicyclic amines) is 1. The summed E-state index contributed by atoms with van der Waals surface area (Å²) in [5.41, 5.74) is 8.07. The Labute approximate surface area is 125 Å². The van der Waals surface area contributed by atoms with E-state index in [4.69, 9.17) is 5.73 Å². The molecule has 0 spiro atoms. The van der Waals surface area contributed by atoms with Crippen LogP contribution in [0.15, 0.2) is 36.5 Å². The molecule has 0 bridgehead atoms. The van der Waals surface area contributed by atoms with Gasteiger partial charge in [-0.15, -0.1) is 0 Å². The summed E-state index contributed by atoms with van der Waals surface area (Å²) >= 11 is 0. The summed E-state index contributed by atoms with van der Waals surface area (Å²) in [6.45, 7) is 2.33. The Kier molecular flexibility index (Phi) is 4.01. The molecule has 0 atom stereocenters. The van der Waals surface area contributed by atoms with Gasteiger partial charge in [0.05, 0.1) is 0 Å². The number of nitrogens with zero attached hydrogens (tertiary/aromatic N) is 3. The molecule has 3 rings (SSSR count). The average molecular weight is 283 g/mol. The van der Waals surface area contributed by atoms with Crippen LogP contribution in [0.5, 0.6) is 0 Å². The molecular formula is C16H21N5. The fraction of sp³-hybridized carbons (Fsp3) is 0.375. The van der Waals surface area contributed by atoms with E-state index in [-0.39, 0.29) is 0 Å². The van der Waals surface area contributed by atoms with Crippen molar-refractivity contribution >= 4 is 17.5 Å². The summed E-state index contributed by atoms with van der Waals surface area (Å²) < 4.78 is 0. The zero-order valence-corrected chi connectivity index (χ0v) is 12.3. The van der Waals surface area contributed by atoms with Crippen molar-refractivity contribution in [3.05, 3.63) is 42.1 Å². The number of piperidine rings is 1. The summed E-state index contributed by atoms with van der Waals surface area (Å²) in [4.78, 5) is 10.7. The van der Waals surface area contributed by atoms with Gasteiger partial charge in [0.25, 0.3) is 0 Å². The Morgan fingerprint density at radius 2 is 2.05 bits per heavy atom. The molecule has 1 fully saturated rings. The first-order valence-corrected chi connectivity index (χ1v) is 7.35. The van der Waals surface area contributed by atoms with Crippen LogP contribution in [0, 0.1) is 0 Å². The first-order valence-electron chi connectivity index (χ1n) is 7.35. The Morgan fingerprint density at radius 3 is 2.81 bits per heavy atom. The number of nitrogens with two attached hydrogens (primary N) is 1. The molecule has 2 heterocycles. The van der Waals surface area contributed by atoms with Gasteiger partial charge in [0.2, 0.25) is 5.95 Å². The van der Waals surface area contributed by atoms with E-state index in [1.807, 2.05) is 6.07 Å². The molecule has 0 saturated carbocycles. The molecule has 0 amide bonds. The quantitative estimate of drug-likeness (QED) is 0.906. The normalized spacial score (nSPS) is 16.8. The number of nitrogen functional groups attached to an aromatic ring is 1. The summed E-state index contributed by atoms with van der Waals surface area (Å²) in [6.07, 6.45) is 4.09. The second-order valence-corrected chi connectivity index (χ2v) is 5.63. The van der Waals surface area contributed by atoms with E-state index < -0.39 is 0 Å². The second-order valence-electron chi connectivity index (χ2n) is 5.63. The highest BCUT2D eigenvalue weighted by atomic mass is 15.1. The van der Waals surface area contributed by atoms with Gasteiger partial charge in [-0.3, -0.25) is 0 Å².